The number of carbonyl (C=O) groups excluding carboxylic acids is 1. The van der Waals surface area contributed by atoms with E-state index in [9.17, 15) is 4.79 Å². The maximum absolute atomic E-state index is 12.2. The van der Waals surface area contributed by atoms with E-state index in [1.54, 1.807) is 18.3 Å². The lowest BCUT2D eigenvalue weighted by Crippen LogP contribution is -2.36. The van der Waals surface area contributed by atoms with Crippen LogP contribution in [0.4, 0.5) is 0 Å². The molecular formula is C16H15Cl2N3O. The van der Waals surface area contributed by atoms with E-state index in [2.05, 4.69) is 16.0 Å². The van der Waals surface area contributed by atoms with Gasteiger partial charge in [0.1, 0.15) is 5.69 Å². The Morgan fingerprint density at radius 2 is 2.05 bits per heavy atom. The number of carbonyl (C=O) groups is 1. The number of halogens is 2. The molecule has 1 amide bonds. The van der Waals surface area contributed by atoms with Gasteiger partial charge in [0, 0.05) is 23.1 Å². The fourth-order valence-electron chi connectivity index (χ4n) is 2.53. The molecule has 1 aliphatic heterocycles. The molecule has 3 rings (SSSR count). The Balaban J connectivity index is 1.68. The molecule has 114 valence electrons. The minimum absolute atomic E-state index is 0.00246. The van der Waals surface area contributed by atoms with E-state index < -0.39 is 0 Å². The van der Waals surface area contributed by atoms with Gasteiger partial charge >= 0.3 is 0 Å². The average Bonchev–Trinajstić information content (AvgIpc) is 3.05. The monoisotopic (exact) mass is 335 g/mol. The Bertz CT molecular complexity index is 700. The zero-order valence-electron chi connectivity index (χ0n) is 11.9. The Labute approximate surface area is 138 Å². The third-order valence-corrected chi connectivity index (χ3v) is 4.32. The zero-order chi connectivity index (χ0) is 15.5. The van der Waals surface area contributed by atoms with E-state index >= 15 is 0 Å². The molecule has 0 bridgehead atoms. The second kappa shape index (κ2) is 6.55. The van der Waals surface area contributed by atoms with Crippen molar-refractivity contribution in [3.05, 3.63) is 57.6 Å². The van der Waals surface area contributed by atoms with Crippen molar-refractivity contribution < 1.29 is 4.79 Å². The second-order valence-electron chi connectivity index (χ2n) is 5.23. The molecule has 22 heavy (non-hydrogen) atoms. The largest absolute Gasteiger partial charge is 0.341 e. The predicted molar refractivity (Wildman–Crippen MR) is 88.2 cm³/mol. The number of aromatic amines is 1. The van der Waals surface area contributed by atoms with Gasteiger partial charge in [0.25, 0.3) is 5.91 Å². The number of hydrogen-bond donors (Lipinski definition) is 1. The number of nitrogens with one attached hydrogen (secondary N) is 1. The van der Waals surface area contributed by atoms with Crippen molar-refractivity contribution >= 4 is 35.2 Å². The summed E-state index contributed by atoms with van der Waals surface area (Å²) < 4.78 is 0. The third kappa shape index (κ3) is 3.34. The second-order valence-corrected chi connectivity index (χ2v) is 6.07. The van der Waals surface area contributed by atoms with Crippen LogP contribution in [-0.2, 0) is 0 Å². The van der Waals surface area contributed by atoms with Crippen molar-refractivity contribution in [2.24, 2.45) is 0 Å². The van der Waals surface area contributed by atoms with Crippen LogP contribution in [0.2, 0.25) is 10.0 Å². The van der Waals surface area contributed by atoms with Gasteiger partial charge in [-0.25, -0.2) is 4.98 Å². The summed E-state index contributed by atoms with van der Waals surface area (Å²) >= 11 is 12.2. The molecule has 0 atom stereocenters. The standard InChI is InChI=1S/C16H15Cl2N3O/c17-13-1-2-14(18)12(8-13)7-11-3-5-21(6-4-11)16(22)15-9-19-10-20-15/h1-2,7-10H,3-6H2,(H,19,20). The first-order valence-corrected chi connectivity index (χ1v) is 7.81. The van der Waals surface area contributed by atoms with Crippen LogP contribution in [0.5, 0.6) is 0 Å². The third-order valence-electron chi connectivity index (χ3n) is 3.74. The molecule has 2 aromatic rings. The minimum atomic E-state index is -0.00246. The van der Waals surface area contributed by atoms with Crippen molar-refractivity contribution in [2.75, 3.05) is 13.1 Å². The van der Waals surface area contributed by atoms with E-state index in [0.29, 0.717) is 28.8 Å². The van der Waals surface area contributed by atoms with Gasteiger partial charge in [-0.05, 0) is 36.6 Å². The fourth-order valence-corrected chi connectivity index (χ4v) is 2.88. The number of hydrogen-bond acceptors (Lipinski definition) is 2. The van der Waals surface area contributed by atoms with Crippen LogP contribution in [0, 0.1) is 0 Å². The Kier molecular flexibility index (Phi) is 4.50. The van der Waals surface area contributed by atoms with Crippen LogP contribution >= 0.6 is 23.2 Å². The number of amides is 1. The minimum Gasteiger partial charge on any atom is -0.341 e. The van der Waals surface area contributed by atoms with Crippen LogP contribution in [0.3, 0.4) is 0 Å². The van der Waals surface area contributed by atoms with Crippen LogP contribution in [0.25, 0.3) is 6.08 Å². The molecular weight excluding hydrogens is 321 g/mol. The maximum Gasteiger partial charge on any atom is 0.271 e. The average molecular weight is 336 g/mol. The van der Waals surface area contributed by atoms with Gasteiger partial charge in [-0.3, -0.25) is 4.79 Å². The summed E-state index contributed by atoms with van der Waals surface area (Å²) in [4.78, 5) is 20.8. The first-order valence-electron chi connectivity index (χ1n) is 7.05. The van der Waals surface area contributed by atoms with Crippen LogP contribution < -0.4 is 0 Å². The molecule has 0 saturated carbocycles. The molecule has 0 unspecified atom stereocenters. The maximum atomic E-state index is 12.2. The molecule has 1 aromatic heterocycles. The topological polar surface area (TPSA) is 49.0 Å². The van der Waals surface area contributed by atoms with Crippen LogP contribution in [0.15, 0.2) is 36.3 Å². The van der Waals surface area contributed by atoms with E-state index in [1.165, 1.54) is 11.9 Å². The molecule has 1 saturated heterocycles. The molecule has 1 aromatic carbocycles. The van der Waals surface area contributed by atoms with Crippen molar-refractivity contribution in [1.29, 1.82) is 0 Å². The van der Waals surface area contributed by atoms with Crippen LogP contribution in [-0.4, -0.2) is 33.9 Å². The Morgan fingerprint density at radius 3 is 2.73 bits per heavy atom. The van der Waals surface area contributed by atoms with Crippen molar-refractivity contribution in [1.82, 2.24) is 14.9 Å². The number of nitrogens with zero attached hydrogens (tertiary/aromatic N) is 2. The first-order chi connectivity index (χ1) is 10.6. The van der Waals surface area contributed by atoms with Crippen molar-refractivity contribution in [3.8, 4) is 0 Å². The van der Waals surface area contributed by atoms with Gasteiger partial charge in [0.15, 0.2) is 0 Å². The van der Waals surface area contributed by atoms with E-state index in [4.69, 9.17) is 23.2 Å². The molecule has 6 heteroatoms. The Morgan fingerprint density at radius 1 is 1.27 bits per heavy atom. The van der Waals surface area contributed by atoms with E-state index in [-0.39, 0.29) is 5.91 Å². The lowest BCUT2D eigenvalue weighted by Gasteiger charge is -2.28. The number of benzene rings is 1. The number of rotatable bonds is 2. The van der Waals surface area contributed by atoms with Gasteiger partial charge in [-0.1, -0.05) is 34.9 Å². The molecule has 1 fully saturated rings. The smallest absolute Gasteiger partial charge is 0.271 e. The summed E-state index contributed by atoms with van der Waals surface area (Å²) in [6.07, 6.45) is 6.82. The van der Waals surface area contributed by atoms with E-state index in [0.717, 1.165) is 18.4 Å². The molecule has 1 N–H and O–H groups in total. The number of H-pyrrole nitrogens is 1. The number of aromatic nitrogens is 2. The molecule has 1 aliphatic rings. The molecule has 4 nitrogen and oxygen atoms in total. The molecule has 2 heterocycles. The highest BCUT2D eigenvalue weighted by molar-refractivity contribution is 6.34. The number of likely N-dealkylation sites (tertiary alicyclic amines) is 1. The van der Waals surface area contributed by atoms with Crippen LogP contribution in [0.1, 0.15) is 28.9 Å². The predicted octanol–water partition coefficient (Wildman–Crippen LogP) is 4.04. The zero-order valence-corrected chi connectivity index (χ0v) is 13.4. The number of imidazole rings is 1. The van der Waals surface area contributed by atoms with Gasteiger partial charge in [-0.15, -0.1) is 0 Å². The Hall–Kier alpha value is -1.78. The molecule has 0 aliphatic carbocycles. The highest BCUT2D eigenvalue weighted by Crippen LogP contribution is 2.26. The fraction of sp³-hybridized carbons (Fsp3) is 0.250. The summed E-state index contributed by atoms with van der Waals surface area (Å²) in [6, 6.07) is 5.43. The molecule has 0 radical (unpaired) electrons. The normalized spacial score (nSPS) is 15.0. The highest BCUT2D eigenvalue weighted by Gasteiger charge is 2.21. The van der Waals surface area contributed by atoms with E-state index in [1.807, 2.05) is 11.0 Å². The lowest BCUT2D eigenvalue weighted by atomic mass is 10.0. The summed E-state index contributed by atoms with van der Waals surface area (Å²) in [7, 11) is 0. The summed E-state index contributed by atoms with van der Waals surface area (Å²) in [5.41, 5.74) is 2.74. The summed E-state index contributed by atoms with van der Waals surface area (Å²) in [5, 5.41) is 1.36. The highest BCUT2D eigenvalue weighted by atomic mass is 35.5. The lowest BCUT2D eigenvalue weighted by molar-refractivity contribution is 0.0738. The molecule has 0 spiro atoms. The SMILES string of the molecule is O=C(c1cnc[nH]1)N1CCC(=Cc2cc(Cl)ccc2Cl)CC1. The summed E-state index contributed by atoms with van der Waals surface area (Å²) in [5.74, 6) is -0.00246. The number of piperidine rings is 1. The summed E-state index contributed by atoms with van der Waals surface area (Å²) in [6.45, 7) is 1.39. The quantitative estimate of drug-likeness (QED) is 0.900. The first kappa shape index (κ1) is 15.1. The van der Waals surface area contributed by atoms with Gasteiger partial charge in [0.2, 0.25) is 0 Å². The van der Waals surface area contributed by atoms with Gasteiger partial charge < -0.3 is 9.88 Å². The van der Waals surface area contributed by atoms with Gasteiger partial charge in [-0.2, -0.15) is 0 Å². The van der Waals surface area contributed by atoms with Gasteiger partial charge in [0.05, 0.1) is 12.5 Å². The van der Waals surface area contributed by atoms with Crippen molar-refractivity contribution in [3.63, 3.8) is 0 Å². The van der Waals surface area contributed by atoms with Crippen molar-refractivity contribution in [2.45, 2.75) is 12.8 Å².